The Kier molecular flexibility index (Phi) is 5.49. The Labute approximate surface area is 158 Å². The van der Waals surface area contributed by atoms with E-state index < -0.39 is 17.0 Å². The van der Waals surface area contributed by atoms with Crippen molar-refractivity contribution in [1.82, 2.24) is 0 Å². The lowest BCUT2D eigenvalue weighted by atomic mass is 9.97. The first-order valence-corrected chi connectivity index (χ1v) is 9.30. The number of carbonyl (C=O) groups is 1. The number of hydrogen-bond donors (Lipinski definition) is 4. The fraction of sp³-hybridized carbons (Fsp3) is 0.0526. The van der Waals surface area contributed by atoms with Crippen molar-refractivity contribution in [1.29, 1.82) is 0 Å². The predicted octanol–water partition coefficient (Wildman–Crippen LogP) is 2.51. The number of aliphatic imine (C=N–C) groups is 1. The van der Waals surface area contributed by atoms with Gasteiger partial charge >= 0.3 is 0 Å². The van der Waals surface area contributed by atoms with Gasteiger partial charge in [0, 0.05) is 11.3 Å². The fourth-order valence-corrected chi connectivity index (χ4v) is 3.05. The highest BCUT2D eigenvalue weighted by molar-refractivity contribution is 7.79. The Morgan fingerprint density at radius 1 is 1.07 bits per heavy atom. The number of nitrogens with zero attached hydrogens (tertiary/aromatic N) is 1. The maximum atomic E-state index is 12.0. The van der Waals surface area contributed by atoms with Gasteiger partial charge < -0.3 is 21.3 Å². The third-order valence-corrected chi connectivity index (χ3v) is 4.34. The van der Waals surface area contributed by atoms with Crippen LogP contribution in [0.5, 0.6) is 0 Å². The molecule has 0 saturated carbocycles. The molecule has 3 rings (SSSR count). The van der Waals surface area contributed by atoms with Crippen LogP contribution in [0.3, 0.4) is 0 Å². The highest BCUT2D eigenvalue weighted by atomic mass is 32.2. The number of anilines is 1. The van der Waals surface area contributed by atoms with Gasteiger partial charge in [-0.3, -0.25) is 4.79 Å². The lowest BCUT2D eigenvalue weighted by Crippen LogP contribution is -2.24. The second-order valence-electron chi connectivity index (χ2n) is 5.80. The fourth-order valence-electron chi connectivity index (χ4n) is 2.76. The molecule has 0 spiro atoms. The van der Waals surface area contributed by atoms with E-state index in [1.807, 2.05) is 48.5 Å². The first kappa shape index (κ1) is 18.6. The summed E-state index contributed by atoms with van der Waals surface area (Å²) in [5.41, 5.74) is 13.7. The first-order chi connectivity index (χ1) is 12.9. The van der Waals surface area contributed by atoms with Crippen LogP contribution in [0, 0.1) is 0 Å². The molecule has 0 aliphatic heterocycles. The molecule has 0 heterocycles. The van der Waals surface area contributed by atoms with E-state index in [1.165, 1.54) is 0 Å². The largest absolute Gasteiger partial charge is 0.372 e. The molecule has 3 aromatic rings. The average Bonchev–Trinajstić information content (AvgIpc) is 2.65. The molecule has 8 heteroatoms. The Morgan fingerprint density at radius 3 is 2.48 bits per heavy atom. The lowest BCUT2D eigenvalue weighted by molar-refractivity contribution is 0.100. The Morgan fingerprint density at radius 2 is 1.81 bits per heavy atom. The molecule has 138 valence electrons. The van der Waals surface area contributed by atoms with Gasteiger partial charge in [0.1, 0.15) is 5.88 Å². The molecule has 3 aromatic carbocycles. The third kappa shape index (κ3) is 4.49. The minimum atomic E-state index is -1.90. The van der Waals surface area contributed by atoms with Gasteiger partial charge in [0.15, 0.2) is 17.0 Å². The maximum Gasteiger partial charge on any atom is 0.280 e. The number of benzene rings is 3. The molecule has 0 aromatic heterocycles. The average molecular weight is 382 g/mol. The van der Waals surface area contributed by atoms with Crippen LogP contribution in [-0.2, 0) is 11.1 Å². The molecule has 0 saturated heterocycles. The molecule has 0 aliphatic carbocycles. The van der Waals surface area contributed by atoms with Crippen molar-refractivity contribution in [2.45, 2.75) is 0 Å². The van der Waals surface area contributed by atoms with Crippen molar-refractivity contribution in [3.63, 3.8) is 0 Å². The van der Waals surface area contributed by atoms with E-state index in [2.05, 4.69) is 10.3 Å². The molecule has 0 fully saturated rings. The number of guanidine groups is 1. The van der Waals surface area contributed by atoms with E-state index in [-0.39, 0.29) is 11.8 Å². The van der Waals surface area contributed by atoms with Gasteiger partial charge in [0.2, 0.25) is 0 Å². The number of hydrogen-bond acceptors (Lipinski definition) is 3. The van der Waals surface area contributed by atoms with Crippen molar-refractivity contribution in [2.75, 3.05) is 11.2 Å². The molecule has 0 bridgehead atoms. The van der Waals surface area contributed by atoms with Crippen LogP contribution < -0.4 is 16.8 Å². The standard InChI is InChI=1S/C19H18N4O3S/c20-19(21)23-18(24)14-6-9-17-13(10-14)2-1-3-16(17)12-4-7-15(8-5-12)22-11-27(25)26/h1-10,22H,11H2,(H,25,26)(H4,20,21,23,24). The van der Waals surface area contributed by atoms with Crippen LogP contribution >= 0.6 is 0 Å². The zero-order valence-electron chi connectivity index (χ0n) is 14.3. The van der Waals surface area contributed by atoms with Crippen molar-refractivity contribution in [3.8, 4) is 11.1 Å². The summed E-state index contributed by atoms with van der Waals surface area (Å²) in [7, 11) is 0. The highest BCUT2D eigenvalue weighted by Crippen LogP contribution is 2.30. The second kappa shape index (κ2) is 7.98. The van der Waals surface area contributed by atoms with Crippen LogP contribution in [0.2, 0.25) is 0 Å². The normalized spacial score (nSPS) is 11.7. The minimum Gasteiger partial charge on any atom is -0.372 e. The van der Waals surface area contributed by atoms with E-state index in [0.717, 1.165) is 27.6 Å². The van der Waals surface area contributed by atoms with Gasteiger partial charge in [-0.25, -0.2) is 4.21 Å². The molecule has 1 unspecified atom stereocenters. The monoisotopic (exact) mass is 382 g/mol. The van der Waals surface area contributed by atoms with E-state index in [1.54, 1.807) is 12.1 Å². The summed E-state index contributed by atoms with van der Waals surface area (Å²) in [5.74, 6) is -0.785. The van der Waals surface area contributed by atoms with E-state index in [9.17, 15) is 9.00 Å². The summed E-state index contributed by atoms with van der Waals surface area (Å²) >= 11 is -1.90. The second-order valence-corrected chi connectivity index (χ2v) is 6.73. The number of rotatable bonds is 5. The lowest BCUT2D eigenvalue weighted by Gasteiger charge is -2.09. The molecule has 6 N–H and O–H groups in total. The summed E-state index contributed by atoms with van der Waals surface area (Å²) in [6.07, 6.45) is 0. The summed E-state index contributed by atoms with van der Waals surface area (Å²) in [6, 6.07) is 18.7. The van der Waals surface area contributed by atoms with Crippen LogP contribution in [0.15, 0.2) is 65.7 Å². The zero-order chi connectivity index (χ0) is 19.4. The predicted molar refractivity (Wildman–Crippen MR) is 109 cm³/mol. The number of nitrogens with one attached hydrogen (secondary N) is 1. The molecule has 0 aliphatic rings. The quantitative estimate of drug-likeness (QED) is 0.305. The molecule has 7 nitrogen and oxygen atoms in total. The number of nitrogens with two attached hydrogens (primary N) is 2. The number of fused-ring (bicyclic) bond motifs is 1. The van der Waals surface area contributed by atoms with Crippen molar-refractivity contribution < 1.29 is 13.6 Å². The molecule has 0 radical (unpaired) electrons. The third-order valence-electron chi connectivity index (χ3n) is 3.95. The molecular weight excluding hydrogens is 364 g/mol. The number of carbonyl (C=O) groups excluding carboxylic acids is 1. The molecule has 27 heavy (non-hydrogen) atoms. The highest BCUT2D eigenvalue weighted by Gasteiger charge is 2.09. The Balaban J connectivity index is 1.94. The smallest absolute Gasteiger partial charge is 0.280 e. The van der Waals surface area contributed by atoms with E-state index >= 15 is 0 Å². The summed E-state index contributed by atoms with van der Waals surface area (Å²) in [4.78, 5) is 15.6. The van der Waals surface area contributed by atoms with Gasteiger partial charge in [-0.15, -0.1) is 0 Å². The summed E-state index contributed by atoms with van der Waals surface area (Å²) in [6.45, 7) is 0. The van der Waals surface area contributed by atoms with Crippen LogP contribution in [-0.4, -0.2) is 26.5 Å². The van der Waals surface area contributed by atoms with E-state index in [4.69, 9.17) is 16.0 Å². The van der Waals surface area contributed by atoms with Gasteiger partial charge in [-0.1, -0.05) is 36.4 Å². The minimum absolute atomic E-state index is 0.0276. The summed E-state index contributed by atoms with van der Waals surface area (Å²) < 4.78 is 19.6. The first-order valence-electron chi connectivity index (χ1n) is 8.02. The van der Waals surface area contributed by atoms with Crippen LogP contribution in [0.25, 0.3) is 21.9 Å². The van der Waals surface area contributed by atoms with Gasteiger partial charge in [0.25, 0.3) is 5.91 Å². The molecule has 1 amide bonds. The Hall–Kier alpha value is -3.23. The maximum absolute atomic E-state index is 12.0. The zero-order valence-corrected chi connectivity index (χ0v) is 15.1. The van der Waals surface area contributed by atoms with Crippen molar-refractivity contribution in [2.24, 2.45) is 16.5 Å². The van der Waals surface area contributed by atoms with Crippen LogP contribution in [0.1, 0.15) is 10.4 Å². The van der Waals surface area contributed by atoms with Gasteiger partial charge in [-0.2, -0.15) is 4.99 Å². The van der Waals surface area contributed by atoms with Crippen molar-refractivity contribution in [3.05, 3.63) is 66.2 Å². The van der Waals surface area contributed by atoms with Crippen molar-refractivity contribution >= 4 is 39.4 Å². The van der Waals surface area contributed by atoms with Gasteiger partial charge in [-0.05, 0) is 46.2 Å². The summed E-state index contributed by atoms with van der Waals surface area (Å²) in [5, 5.41) is 4.75. The Bertz CT molecular complexity index is 1040. The molecule has 1 atom stereocenters. The van der Waals surface area contributed by atoms with Gasteiger partial charge in [0.05, 0.1) is 0 Å². The number of amides is 1. The SMILES string of the molecule is NC(N)=NC(=O)c1ccc2c(-c3ccc(NCS(=O)O)cc3)cccc2c1. The topological polar surface area (TPSA) is 131 Å². The van der Waals surface area contributed by atoms with E-state index in [0.29, 0.717) is 5.56 Å². The molecular formula is C19H18N4O3S. The van der Waals surface area contributed by atoms with Crippen LogP contribution in [0.4, 0.5) is 5.69 Å².